The Bertz CT molecular complexity index is 551. The van der Waals surface area contributed by atoms with Crippen LogP contribution in [0.25, 0.3) is 10.8 Å². The van der Waals surface area contributed by atoms with Gasteiger partial charge in [-0.15, -0.1) is 0 Å². The first-order chi connectivity index (χ1) is 9.50. The minimum Gasteiger partial charge on any atom is -0.313 e. The molecule has 0 aromatic heterocycles. The van der Waals surface area contributed by atoms with Gasteiger partial charge >= 0.3 is 0 Å². The summed E-state index contributed by atoms with van der Waals surface area (Å²) in [5.41, 5.74) is 1.70. The van der Waals surface area contributed by atoms with E-state index in [1.807, 2.05) is 0 Å². The molecular formula is C19H27N. The molecule has 0 heterocycles. The van der Waals surface area contributed by atoms with Gasteiger partial charge in [0.2, 0.25) is 0 Å². The minimum atomic E-state index is 0.279. The molecule has 108 valence electrons. The lowest BCUT2D eigenvalue weighted by molar-refractivity contribution is 0.267. The van der Waals surface area contributed by atoms with E-state index >= 15 is 0 Å². The molecule has 2 aromatic rings. The van der Waals surface area contributed by atoms with Crippen LogP contribution >= 0.6 is 0 Å². The molecule has 0 bridgehead atoms. The maximum absolute atomic E-state index is 3.71. The number of fused-ring (bicyclic) bond motifs is 1. The predicted molar refractivity (Wildman–Crippen MR) is 89.2 cm³/mol. The molecule has 1 heteroatoms. The highest BCUT2D eigenvalue weighted by Gasteiger charge is 2.23. The molecular weight excluding hydrogens is 242 g/mol. The zero-order chi connectivity index (χ0) is 14.6. The Kier molecular flexibility index (Phi) is 4.82. The highest BCUT2D eigenvalue weighted by atomic mass is 14.9. The summed E-state index contributed by atoms with van der Waals surface area (Å²) < 4.78 is 0. The molecule has 0 aliphatic heterocycles. The van der Waals surface area contributed by atoms with Gasteiger partial charge in [0.1, 0.15) is 0 Å². The fourth-order valence-electron chi connectivity index (χ4n) is 2.60. The third kappa shape index (κ3) is 3.83. The van der Waals surface area contributed by atoms with Crippen LogP contribution in [0, 0.1) is 5.41 Å². The van der Waals surface area contributed by atoms with E-state index in [-0.39, 0.29) is 5.41 Å². The quantitative estimate of drug-likeness (QED) is 0.822. The second kappa shape index (κ2) is 6.41. The van der Waals surface area contributed by atoms with Crippen LogP contribution in [-0.4, -0.2) is 12.6 Å². The summed E-state index contributed by atoms with van der Waals surface area (Å²) in [5, 5.41) is 6.37. The average Bonchev–Trinajstić information content (AvgIpc) is 2.42. The van der Waals surface area contributed by atoms with E-state index in [2.05, 4.69) is 75.5 Å². The third-order valence-corrected chi connectivity index (χ3v) is 3.94. The topological polar surface area (TPSA) is 12.0 Å². The van der Waals surface area contributed by atoms with E-state index in [9.17, 15) is 0 Å². The highest BCUT2D eigenvalue weighted by Crippen LogP contribution is 2.24. The Balaban J connectivity index is 2.19. The second-order valence-corrected chi connectivity index (χ2v) is 6.76. The van der Waals surface area contributed by atoms with Crippen LogP contribution < -0.4 is 5.32 Å². The van der Waals surface area contributed by atoms with Crippen molar-refractivity contribution in [1.82, 2.24) is 5.32 Å². The molecule has 0 saturated heterocycles. The molecule has 0 saturated carbocycles. The van der Waals surface area contributed by atoms with Crippen LogP contribution in [-0.2, 0) is 6.42 Å². The molecule has 0 radical (unpaired) electrons. The SMILES string of the molecule is CCCNC(Cc1ccc2ccccc2c1)C(C)(C)C. The zero-order valence-corrected chi connectivity index (χ0v) is 13.2. The Morgan fingerprint density at radius 1 is 1.00 bits per heavy atom. The molecule has 20 heavy (non-hydrogen) atoms. The number of benzene rings is 2. The number of hydrogen-bond acceptors (Lipinski definition) is 1. The fraction of sp³-hybridized carbons (Fsp3) is 0.474. The van der Waals surface area contributed by atoms with Crippen molar-refractivity contribution in [3.8, 4) is 0 Å². The lowest BCUT2D eigenvalue weighted by atomic mass is 9.82. The first kappa shape index (κ1) is 15.1. The first-order valence-electron chi connectivity index (χ1n) is 7.72. The van der Waals surface area contributed by atoms with Gasteiger partial charge in [0.25, 0.3) is 0 Å². The summed E-state index contributed by atoms with van der Waals surface area (Å²) >= 11 is 0. The van der Waals surface area contributed by atoms with Crippen molar-refractivity contribution in [2.75, 3.05) is 6.54 Å². The number of rotatable bonds is 5. The molecule has 2 rings (SSSR count). The van der Waals surface area contributed by atoms with Crippen molar-refractivity contribution >= 4 is 10.8 Å². The molecule has 1 N–H and O–H groups in total. The van der Waals surface area contributed by atoms with Crippen molar-refractivity contribution in [3.63, 3.8) is 0 Å². The molecule has 0 amide bonds. The van der Waals surface area contributed by atoms with Gasteiger partial charge in [-0.2, -0.15) is 0 Å². The van der Waals surface area contributed by atoms with Gasteiger partial charge in [-0.3, -0.25) is 0 Å². The summed E-state index contributed by atoms with van der Waals surface area (Å²) in [5.74, 6) is 0. The average molecular weight is 269 g/mol. The molecule has 1 nitrogen and oxygen atoms in total. The maximum Gasteiger partial charge on any atom is 0.0156 e. The lowest BCUT2D eigenvalue weighted by Crippen LogP contribution is -2.42. The summed E-state index contributed by atoms with van der Waals surface area (Å²) in [6.07, 6.45) is 2.28. The van der Waals surface area contributed by atoms with Gasteiger partial charge in [0, 0.05) is 6.04 Å². The van der Waals surface area contributed by atoms with E-state index < -0.39 is 0 Å². The van der Waals surface area contributed by atoms with Crippen molar-refractivity contribution in [2.24, 2.45) is 5.41 Å². The minimum absolute atomic E-state index is 0.279. The van der Waals surface area contributed by atoms with Crippen LogP contribution in [0.15, 0.2) is 42.5 Å². The van der Waals surface area contributed by atoms with Crippen LogP contribution in [0.1, 0.15) is 39.7 Å². The summed E-state index contributed by atoms with van der Waals surface area (Å²) in [4.78, 5) is 0. The molecule has 0 fully saturated rings. The normalized spacial score (nSPS) is 13.6. The Morgan fingerprint density at radius 3 is 2.35 bits per heavy atom. The van der Waals surface area contributed by atoms with Gasteiger partial charge < -0.3 is 5.32 Å². The zero-order valence-electron chi connectivity index (χ0n) is 13.2. The van der Waals surface area contributed by atoms with Crippen LogP contribution in [0.3, 0.4) is 0 Å². The molecule has 0 aliphatic carbocycles. The van der Waals surface area contributed by atoms with Crippen molar-refractivity contribution in [1.29, 1.82) is 0 Å². The van der Waals surface area contributed by atoms with Gasteiger partial charge in [-0.25, -0.2) is 0 Å². The van der Waals surface area contributed by atoms with Crippen molar-refractivity contribution in [2.45, 2.75) is 46.6 Å². The summed E-state index contributed by atoms with van der Waals surface area (Å²) in [6.45, 7) is 10.3. The monoisotopic (exact) mass is 269 g/mol. The van der Waals surface area contributed by atoms with E-state index in [1.54, 1.807) is 0 Å². The molecule has 1 atom stereocenters. The van der Waals surface area contributed by atoms with E-state index in [4.69, 9.17) is 0 Å². The summed E-state index contributed by atoms with van der Waals surface area (Å²) in [7, 11) is 0. The molecule has 0 aliphatic rings. The predicted octanol–water partition coefficient (Wildman–Crippen LogP) is 4.80. The standard InChI is InChI=1S/C19H27N/c1-5-12-20-18(19(2,3)4)14-15-10-11-16-8-6-7-9-17(16)13-15/h6-11,13,18,20H,5,12,14H2,1-4H3. The third-order valence-electron chi connectivity index (χ3n) is 3.94. The Morgan fingerprint density at radius 2 is 1.70 bits per heavy atom. The molecule has 2 aromatic carbocycles. The van der Waals surface area contributed by atoms with Gasteiger partial charge in [0.05, 0.1) is 0 Å². The van der Waals surface area contributed by atoms with Gasteiger partial charge in [-0.05, 0) is 41.1 Å². The molecule has 0 spiro atoms. The summed E-state index contributed by atoms with van der Waals surface area (Å²) in [6, 6.07) is 16.0. The Hall–Kier alpha value is -1.34. The number of hydrogen-bond donors (Lipinski definition) is 1. The smallest absolute Gasteiger partial charge is 0.0156 e. The van der Waals surface area contributed by atoms with E-state index in [0.29, 0.717) is 6.04 Å². The fourth-order valence-corrected chi connectivity index (χ4v) is 2.60. The van der Waals surface area contributed by atoms with Crippen LogP contribution in [0.5, 0.6) is 0 Å². The van der Waals surface area contributed by atoms with E-state index in [1.165, 1.54) is 22.8 Å². The van der Waals surface area contributed by atoms with Crippen LogP contribution in [0.4, 0.5) is 0 Å². The van der Waals surface area contributed by atoms with E-state index in [0.717, 1.165) is 13.0 Å². The highest BCUT2D eigenvalue weighted by molar-refractivity contribution is 5.82. The maximum atomic E-state index is 3.71. The Labute approximate surface area is 123 Å². The first-order valence-corrected chi connectivity index (χ1v) is 7.72. The largest absolute Gasteiger partial charge is 0.313 e. The van der Waals surface area contributed by atoms with Gasteiger partial charge in [0.15, 0.2) is 0 Å². The lowest BCUT2D eigenvalue weighted by Gasteiger charge is -2.32. The van der Waals surface area contributed by atoms with Gasteiger partial charge in [-0.1, -0.05) is 70.2 Å². The number of nitrogens with one attached hydrogen (secondary N) is 1. The van der Waals surface area contributed by atoms with Crippen LogP contribution in [0.2, 0.25) is 0 Å². The van der Waals surface area contributed by atoms with Crippen molar-refractivity contribution < 1.29 is 0 Å². The molecule has 1 unspecified atom stereocenters. The second-order valence-electron chi connectivity index (χ2n) is 6.76. The van der Waals surface area contributed by atoms with Crippen molar-refractivity contribution in [3.05, 3.63) is 48.0 Å².